The molecule has 0 bridgehead atoms. The molecule has 0 spiro atoms. The highest BCUT2D eigenvalue weighted by Gasteiger charge is 2.36. The summed E-state index contributed by atoms with van der Waals surface area (Å²) in [5.41, 5.74) is 16.9. The average Bonchev–Trinajstić information content (AvgIpc) is 2.99. The van der Waals surface area contributed by atoms with Gasteiger partial charge in [0, 0.05) is 9.82 Å². The first kappa shape index (κ1) is 12.3. The second-order valence-electron chi connectivity index (χ2n) is 2.95. The molecule has 0 aliphatic carbocycles. The Bertz CT molecular complexity index is 582. The summed E-state index contributed by atoms with van der Waals surface area (Å²) in [6.45, 7) is 2.04. The molecule has 1 aromatic rings. The Morgan fingerprint density at radius 2 is 2.26 bits per heavy atom. The van der Waals surface area contributed by atoms with Crippen LogP contribution >= 0.6 is 0 Å². The van der Waals surface area contributed by atoms with Gasteiger partial charge in [0.05, 0.1) is 6.61 Å². The summed E-state index contributed by atoms with van der Waals surface area (Å²) in [4.78, 5) is 10.0. The molecule has 2 rings (SSSR count). The average molecular weight is 266 g/mol. The van der Waals surface area contributed by atoms with Gasteiger partial charge in [0.1, 0.15) is 0 Å². The highest BCUT2D eigenvalue weighted by molar-refractivity contribution is 5.91. The first-order valence-electron chi connectivity index (χ1n) is 4.90. The molecule has 98 valence electrons. The number of anilines is 1. The fraction of sp³-hybridized carbons (Fsp3) is 0.500. The van der Waals surface area contributed by atoms with Crippen LogP contribution in [-0.4, -0.2) is 28.9 Å². The lowest BCUT2D eigenvalue weighted by molar-refractivity contribution is 0.126. The third-order valence-electron chi connectivity index (χ3n) is 1.92. The minimum absolute atomic E-state index is 0.00568. The van der Waals surface area contributed by atoms with Gasteiger partial charge in [0.2, 0.25) is 0 Å². The highest BCUT2D eigenvalue weighted by Crippen LogP contribution is 2.29. The number of aromatic nitrogens is 2. The van der Waals surface area contributed by atoms with Gasteiger partial charge in [-0.3, -0.25) is 4.94 Å². The molecule has 0 saturated carbocycles. The summed E-state index contributed by atoms with van der Waals surface area (Å²) >= 11 is 0. The molecule has 1 unspecified atom stereocenters. The van der Waals surface area contributed by atoms with E-state index < -0.39 is 6.17 Å². The Balaban J connectivity index is 2.32. The van der Waals surface area contributed by atoms with Crippen molar-refractivity contribution >= 4 is 11.7 Å². The number of hydrogen-bond acceptors (Lipinski definition) is 9. The Morgan fingerprint density at radius 1 is 1.42 bits per heavy atom. The molecule has 0 radical (unpaired) electrons. The maximum absolute atomic E-state index is 8.50. The highest BCUT2D eigenvalue weighted by atomic mass is 16.8. The largest absolute Gasteiger partial charge is 0.473 e. The van der Waals surface area contributed by atoms with Crippen molar-refractivity contribution in [3.8, 4) is 5.88 Å². The fourth-order valence-electron chi connectivity index (χ4n) is 1.24. The molecule has 0 saturated heterocycles. The first-order chi connectivity index (χ1) is 9.31. The van der Waals surface area contributed by atoms with Gasteiger partial charge in [-0.25, -0.2) is 4.63 Å². The zero-order valence-corrected chi connectivity index (χ0v) is 9.48. The van der Waals surface area contributed by atoms with Crippen LogP contribution in [0.25, 0.3) is 20.9 Å². The van der Waals surface area contributed by atoms with E-state index in [4.69, 9.17) is 20.7 Å². The number of amidine groups is 1. The number of nitrogens with zero attached hydrogens (tertiary/aromatic N) is 10. The predicted octanol–water partition coefficient (Wildman–Crippen LogP) is 1.48. The van der Waals surface area contributed by atoms with Crippen LogP contribution in [0.3, 0.4) is 0 Å². The third-order valence-corrected chi connectivity index (χ3v) is 1.92. The topological polar surface area (TPSA) is 170 Å². The molecule has 2 heterocycles. The van der Waals surface area contributed by atoms with Crippen molar-refractivity contribution in [2.45, 2.75) is 13.1 Å². The van der Waals surface area contributed by atoms with Crippen molar-refractivity contribution in [3.63, 3.8) is 0 Å². The van der Waals surface area contributed by atoms with E-state index in [0.29, 0.717) is 6.61 Å². The third kappa shape index (κ3) is 2.26. The van der Waals surface area contributed by atoms with E-state index in [-0.39, 0.29) is 17.5 Å². The van der Waals surface area contributed by atoms with Crippen molar-refractivity contribution in [2.75, 3.05) is 11.7 Å². The summed E-state index contributed by atoms with van der Waals surface area (Å²) in [6, 6.07) is 0. The molecule has 0 N–H and O–H groups in total. The maximum atomic E-state index is 8.50. The number of azide groups is 2. The lowest BCUT2D eigenvalue weighted by atomic mass is 10.4. The summed E-state index contributed by atoms with van der Waals surface area (Å²) in [6.07, 6.45) is -1.13. The molecule has 1 aliphatic rings. The zero-order chi connectivity index (χ0) is 13.7. The smallest absolute Gasteiger partial charge is 0.303 e. The van der Waals surface area contributed by atoms with Crippen molar-refractivity contribution in [3.05, 3.63) is 20.9 Å². The van der Waals surface area contributed by atoms with Gasteiger partial charge in [-0.2, -0.15) is 0 Å². The van der Waals surface area contributed by atoms with E-state index in [2.05, 4.69) is 40.2 Å². The lowest BCUT2D eigenvalue weighted by Gasteiger charge is -2.15. The number of rotatable bonds is 4. The van der Waals surface area contributed by atoms with E-state index >= 15 is 0 Å². The SMILES string of the molecule is CCOc1nonc1N1ON=C(N=[N+]=[N-])C1N=[N+]=[N-]. The van der Waals surface area contributed by atoms with Crippen LogP contribution in [0, 0.1) is 0 Å². The molecule has 0 fully saturated rings. The summed E-state index contributed by atoms with van der Waals surface area (Å²) in [5, 5.41) is 18.1. The minimum Gasteiger partial charge on any atom is -0.473 e. The molecule has 1 aromatic heterocycles. The van der Waals surface area contributed by atoms with Gasteiger partial charge in [0.15, 0.2) is 12.0 Å². The van der Waals surface area contributed by atoms with E-state index in [1.165, 1.54) is 0 Å². The lowest BCUT2D eigenvalue weighted by Crippen LogP contribution is -2.32. The van der Waals surface area contributed by atoms with Gasteiger partial charge in [-0.15, -0.1) is 5.06 Å². The number of oxime groups is 1. The van der Waals surface area contributed by atoms with E-state index in [9.17, 15) is 0 Å². The van der Waals surface area contributed by atoms with Gasteiger partial charge in [-0.05, 0) is 33.4 Å². The van der Waals surface area contributed by atoms with Crippen LogP contribution in [-0.2, 0) is 4.94 Å². The van der Waals surface area contributed by atoms with Crippen molar-refractivity contribution < 1.29 is 14.3 Å². The van der Waals surface area contributed by atoms with Gasteiger partial charge in [0.25, 0.3) is 5.82 Å². The minimum atomic E-state index is -1.13. The monoisotopic (exact) mass is 266 g/mol. The second kappa shape index (κ2) is 5.44. The number of hydroxylamine groups is 1. The molecule has 1 aliphatic heterocycles. The fourth-order valence-corrected chi connectivity index (χ4v) is 1.24. The quantitative estimate of drug-likeness (QED) is 0.453. The van der Waals surface area contributed by atoms with Gasteiger partial charge >= 0.3 is 5.88 Å². The number of hydrogen-bond donors (Lipinski definition) is 0. The van der Waals surface area contributed by atoms with Crippen LogP contribution in [0.5, 0.6) is 5.88 Å². The Hall–Kier alpha value is -3.17. The summed E-state index contributed by atoms with van der Waals surface area (Å²) < 4.78 is 9.63. The van der Waals surface area contributed by atoms with Crippen LogP contribution in [0.1, 0.15) is 6.92 Å². The summed E-state index contributed by atoms with van der Waals surface area (Å²) in [5.74, 6) is -0.144. The van der Waals surface area contributed by atoms with Crippen molar-refractivity contribution in [1.82, 2.24) is 10.3 Å². The number of ether oxygens (including phenoxy) is 1. The summed E-state index contributed by atoms with van der Waals surface area (Å²) in [7, 11) is 0. The Labute approximate surface area is 104 Å². The molecule has 13 heteroatoms. The van der Waals surface area contributed by atoms with Gasteiger partial charge in [-0.1, -0.05) is 10.3 Å². The predicted molar refractivity (Wildman–Crippen MR) is 58.5 cm³/mol. The maximum Gasteiger partial charge on any atom is 0.303 e. The Kier molecular flexibility index (Phi) is 3.52. The standard InChI is InChI=1S/C6H6N10O3/c1-2-17-6-5(12-18-13-6)16-4(10-15-8)3(9-14-7)11-19-16/h4H,2H2,1H3. The molecule has 19 heavy (non-hydrogen) atoms. The molecular formula is C6H6N10O3. The van der Waals surface area contributed by atoms with E-state index in [1.54, 1.807) is 6.92 Å². The Morgan fingerprint density at radius 3 is 2.95 bits per heavy atom. The van der Waals surface area contributed by atoms with Crippen molar-refractivity contribution in [1.29, 1.82) is 0 Å². The van der Waals surface area contributed by atoms with Crippen LogP contribution in [0.4, 0.5) is 5.82 Å². The van der Waals surface area contributed by atoms with Crippen molar-refractivity contribution in [2.24, 2.45) is 15.4 Å². The van der Waals surface area contributed by atoms with E-state index in [0.717, 1.165) is 5.06 Å². The normalized spacial score (nSPS) is 17.0. The first-order valence-corrected chi connectivity index (χ1v) is 4.90. The van der Waals surface area contributed by atoms with Crippen LogP contribution in [0.15, 0.2) is 20.0 Å². The van der Waals surface area contributed by atoms with Gasteiger partial charge < -0.3 is 4.74 Å². The molecule has 0 aromatic carbocycles. The van der Waals surface area contributed by atoms with E-state index in [1.807, 2.05) is 0 Å². The molecule has 13 nitrogen and oxygen atoms in total. The zero-order valence-electron chi connectivity index (χ0n) is 9.48. The second-order valence-corrected chi connectivity index (χ2v) is 2.95. The van der Waals surface area contributed by atoms with Crippen LogP contribution in [0.2, 0.25) is 0 Å². The molecule has 1 atom stereocenters. The van der Waals surface area contributed by atoms with Crippen LogP contribution < -0.4 is 9.80 Å². The molecule has 0 amide bonds. The molecular weight excluding hydrogens is 260 g/mol.